The van der Waals surface area contributed by atoms with Crippen molar-refractivity contribution in [3.63, 3.8) is 0 Å². The second kappa shape index (κ2) is 3.11. The maximum Gasteiger partial charge on any atom is 0.0465 e. The average Bonchev–Trinajstić information content (AvgIpc) is 2.59. The van der Waals surface area contributed by atoms with E-state index < -0.39 is 0 Å². The molecule has 0 aliphatic heterocycles. The van der Waals surface area contributed by atoms with E-state index in [1.165, 1.54) is 6.42 Å². The van der Waals surface area contributed by atoms with Gasteiger partial charge in [-0.2, -0.15) is 0 Å². The maximum absolute atomic E-state index is 8.88. The molecule has 1 rings (SSSR count). The van der Waals surface area contributed by atoms with Crippen molar-refractivity contribution >= 4 is 0 Å². The fourth-order valence-electron chi connectivity index (χ4n) is 1.44. The smallest absolute Gasteiger partial charge is 0.0465 e. The van der Waals surface area contributed by atoms with Crippen LogP contribution >= 0.6 is 0 Å². The van der Waals surface area contributed by atoms with Gasteiger partial charge in [0, 0.05) is 19.2 Å². The summed E-state index contributed by atoms with van der Waals surface area (Å²) in [6, 6.07) is 0.562. The van der Waals surface area contributed by atoms with Crippen LogP contribution in [0, 0.1) is 11.3 Å². The first-order valence-corrected chi connectivity index (χ1v) is 4.43. The summed E-state index contributed by atoms with van der Waals surface area (Å²) in [4.78, 5) is 0. The quantitative estimate of drug-likeness (QED) is 0.638. The molecule has 11 heavy (non-hydrogen) atoms. The Morgan fingerprint density at radius 3 is 2.64 bits per heavy atom. The number of rotatable bonds is 4. The van der Waals surface area contributed by atoms with Crippen LogP contribution in [0.5, 0.6) is 0 Å². The molecule has 2 atom stereocenters. The van der Waals surface area contributed by atoms with Gasteiger partial charge >= 0.3 is 0 Å². The van der Waals surface area contributed by atoms with Crippen molar-refractivity contribution in [1.82, 2.24) is 5.32 Å². The summed E-state index contributed by atoms with van der Waals surface area (Å²) in [6.07, 6.45) is 1.18. The lowest BCUT2D eigenvalue weighted by atomic mass is 10.1. The fourth-order valence-corrected chi connectivity index (χ4v) is 1.44. The molecule has 2 heteroatoms. The summed E-state index contributed by atoms with van der Waals surface area (Å²) >= 11 is 0. The van der Waals surface area contributed by atoms with Crippen molar-refractivity contribution in [3.05, 3.63) is 0 Å². The van der Waals surface area contributed by atoms with Crippen molar-refractivity contribution in [3.8, 4) is 0 Å². The first kappa shape index (κ1) is 9.01. The lowest BCUT2D eigenvalue weighted by Gasteiger charge is -2.14. The Bertz CT molecular complexity index is 136. The highest BCUT2D eigenvalue weighted by atomic mass is 16.3. The van der Waals surface area contributed by atoms with Crippen LogP contribution in [0.3, 0.4) is 0 Å². The first-order chi connectivity index (χ1) is 5.08. The average molecular weight is 157 g/mol. The predicted octanol–water partition coefficient (Wildman–Crippen LogP) is 1.00. The molecule has 0 aromatic carbocycles. The third-order valence-corrected chi connectivity index (χ3v) is 2.67. The van der Waals surface area contributed by atoms with Crippen LogP contribution < -0.4 is 5.32 Å². The standard InChI is InChI=1S/C9H19NO/c1-7(2)10-6-9(3)4-8(9)5-11/h7-8,10-11H,4-6H2,1-3H3/t8-,9+/m0/s1. The van der Waals surface area contributed by atoms with Crippen LogP contribution in [0.15, 0.2) is 0 Å². The summed E-state index contributed by atoms with van der Waals surface area (Å²) in [7, 11) is 0. The van der Waals surface area contributed by atoms with Crippen LogP contribution in [0.25, 0.3) is 0 Å². The zero-order valence-corrected chi connectivity index (χ0v) is 7.72. The van der Waals surface area contributed by atoms with E-state index in [0.717, 1.165) is 6.54 Å². The summed E-state index contributed by atoms with van der Waals surface area (Å²) < 4.78 is 0. The minimum Gasteiger partial charge on any atom is -0.396 e. The number of nitrogens with one attached hydrogen (secondary N) is 1. The molecule has 0 saturated heterocycles. The molecular formula is C9H19NO. The molecule has 0 aromatic rings. The summed E-state index contributed by atoms with van der Waals surface area (Å²) in [5.74, 6) is 0.550. The molecule has 0 aromatic heterocycles. The maximum atomic E-state index is 8.88. The number of hydrogen-bond donors (Lipinski definition) is 2. The Kier molecular flexibility index (Phi) is 2.55. The van der Waals surface area contributed by atoms with Gasteiger partial charge in [0.15, 0.2) is 0 Å². The second-order valence-electron chi connectivity index (χ2n) is 4.27. The van der Waals surface area contributed by atoms with Crippen LogP contribution in [0.4, 0.5) is 0 Å². The molecule has 1 fully saturated rings. The predicted molar refractivity (Wildman–Crippen MR) is 46.4 cm³/mol. The zero-order valence-electron chi connectivity index (χ0n) is 7.72. The molecule has 2 N–H and O–H groups in total. The highest BCUT2D eigenvalue weighted by Gasteiger charge is 2.48. The summed E-state index contributed by atoms with van der Waals surface area (Å²) in [5.41, 5.74) is 0.388. The molecule has 66 valence electrons. The van der Waals surface area contributed by atoms with Gasteiger partial charge in [-0.1, -0.05) is 20.8 Å². The van der Waals surface area contributed by atoms with E-state index in [9.17, 15) is 0 Å². The van der Waals surface area contributed by atoms with Crippen LogP contribution in [0.1, 0.15) is 27.2 Å². The van der Waals surface area contributed by atoms with Gasteiger partial charge in [-0.25, -0.2) is 0 Å². The number of aliphatic hydroxyl groups excluding tert-OH is 1. The Morgan fingerprint density at radius 1 is 1.64 bits per heavy atom. The summed E-state index contributed by atoms with van der Waals surface area (Å²) in [6.45, 7) is 7.95. The Hall–Kier alpha value is -0.0800. The Morgan fingerprint density at radius 2 is 2.27 bits per heavy atom. The zero-order chi connectivity index (χ0) is 8.48. The van der Waals surface area contributed by atoms with Crippen LogP contribution in [-0.4, -0.2) is 24.3 Å². The Balaban J connectivity index is 2.18. The van der Waals surface area contributed by atoms with Gasteiger partial charge in [0.2, 0.25) is 0 Å². The minimum atomic E-state index is 0.357. The minimum absolute atomic E-state index is 0.357. The van der Waals surface area contributed by atoms with Gasteiger partial charge in [0.05, 0.1) is 0 Å². The van der Waals surface area contributed by atoms with Crippen molar-refractivity contribution in [2.24, 2.45) is 11.3 Å². The van der Waals surface area contributed by atoms with E-state index in [4.69, 9.17) is 5.11 Å². The van der Waals surface area contributed by atoms with E-state index in [2.05, 4.69) is 26.1 Å². The normalized spacial score (nSPS) is 36.3. The van der Waals surface area contributed by atoms with Crippen molar-refractivity contribution in [2.75, 3.05) is 13.2 Å². The molecule has 0 heterocycles. The van der Waals surface area contributed by atoms with E-state index in [1.54, 1.807) is 0 Å². The SMILES string of the molecule is CC(C)NC[C@@]1(C)C[C@H]1CO. The molecule has 1 aliphatic carbocycles. The third kappa shape index (κ3) is 2.17. The second-order valence-corrected chi connectivity index (χ2v) is 4.27. The van der Waals surface area contributed by atoms with Gasteiger partial charge in [0.25, 0.3) is 0 Å². The fraction of sp³-hybridized carbons (Fsp3) is 1.00. The summed E-state index contributed by atoms with van der Waals surface area (Å²) in [5, 5.41) is 12.3. The monoisotopic (exact) mass is 157 g/mol. The molecule has 1 aliphatic rings. The van der Waals surface area contributed by atoms with E-state index >= 15 is 0 Å². The van der Waals surface area contributed by atoms with Gasteiger partial charge in [-0.15, -0.1) is 0 Å². The van der Waals surface area contributed by atoms with E-state index in [0.29, 0.717) is 24.0 Å². The third-order valence-electron chi connectivity index (χ3n) is 2.67. The van der Waals surface area contributed by atoms with Crippen molar-refractivity contribution in [1.29, 1.82) is 0 Å². The molecule has 0 unspecified atom stereocenters. The Labute approximate surface area is 69.0 Å². The van der Waals surface area contributed by atoms with Gasteiger partial charge in [-0.3, -0.25) is 0 Å². The number of aliphatic hydroxyl groups is 1. The molecule has 0 amide bonds. The molecule has 1 saturated carbocycles. The van der Waals surface area contributed by atoms with Gasteiger partial charge in [0.1, 0.15) is 0 Å². The molecular weight excluding hydrogens is 138 g/mol. The lowest BCUT2D eigenvalue weighted by Crippen LogP contribution is -2.29. The molecule has 0 bridgehead atoms. The molecule has 2 nitrogen and oxygen atoms in total. The lowest BCUT2D eigenvalue weighted by molar-refractivity contribution is 0.250. The number of hydrogen-bond acceptors (Lipinski definition) is 2. The van der Waals surface area contributed by atoms with Gasteiger partial charge in [-0.05, 0) is 17.8 Å². The van der Waals surface area contributed by atoms with Gasteiger partial charge < -0.3 is 10.4 Å². The van der Waals surface area contributed by atoms with Crippen molar-refractivity contribution in [2.45, 2.75) is 33.2 Å². The van der Waals surface area contributed by atoms with E-state index in [-0.39, 0.29) is 0 Å². The molecule has 0 spiro atoms. The molecule has 0 radical (unpaired) electrons. The largest absolute Gasteiger partial charge is 0.396 e. The highest BCUT2D eigenvalue weighted by molar-refractivity contribution is 4.99. The highest BCUT2D eigenvalue weighted by Crippen LogP contribution is 2.51. The van der Waals surface area contributed by atoms with Crippen LogP contribution in [0.2, 0.25) is 0 Å². The van der Waals surface area contributed by atoms with E-state index in [1.807, 2.05) is 0 Å². The first-order valence-electron chi connectivity index (χ1n) is 4.43. The van der Waals surface area contributed by atoms with Crippen molar-refractivity contribution < 1.29 is 5.11 Å². The topological polar surface area (TPSA) is 32.3 Å². The van der Waals surface area contributed by atoms with Crippen LogP contribution in [-0.2, 0) is 0 Å².